The maximum Gasteiger partial charge on any atom is 0.204 e. The van der Waals surface area contributed by atoms with Gasteiger partial charge in [0, 0.05) is 20.6 Å². The molecule has 0 fully saturated rings. The van der Waals surface area contributed by atoms with E-state index >= 15 is 0 Å². The zero-order chi connectivity index (χ0) is 22.5. The van der Waals surface area contributed by atoms with Crippen LogP contribution in [0.25, 0.3) is 0 Å². The van der Waals surface area contributed by atoms with Crippen molar-refractivity contribution in [2.45, 2.75) is 40.2 Å². The average molecular weight is 439 g/mol. The molecule has 1 aromatic carbocycles. The molecule has 0 saturated heterocycles. The summed E-state index contributed by atoms with van der Waals surface area (Å²) in [5.41, 5.74) is 3.06. The van der Waals surface area contributed by atoms with Crippen LogP contribution in [-0.4, -0.2) is 45.0 Å². The van der Waals surface area contributed by atoms with E-state index in [1.54, 1.807) is 40.5 Å². The second kappa shape index (κ2) is 9.45. The highest BCUT2D eigenvalue weighted by Gasteiger charge is 2.17. The SMILES string of the molecule is CCn1cc(COc2cc(C)cc(OCc3cn(C)nn3)c2OCc2cn(C)nn2)nn1. The first-order valence-electron chi connectivity index (χ1n) is 10.1. The van der Waals surface area contributed by atoms with Crippen LogP contribution in [0.1, 0.15) is 29.6 Å². The molecule has 4 rings (SSSR count). The van der Waals surface area contributed by atoms with E-state index < -0.39 is 0 Å². The molecular formula is C20H25N9O3. The third-order valence-corrected chi connectivity index (χ3v) is 4.49. The number of aromatic nitrogens is 9. The number of hydrogen-bond donors (Lipinski definition) is 0. The Hall–Kier alpha value is -3.96. The van der Waals surface area contributed by atoms with E-state index in [0.717, 1.165) is 17.8 Å². The number of rotatable bonds is 10. The molecule has 3 aromatic heterocycles. The third kappa shape index (κ3) is 5.20. The Morgan fingerprint density at radius 2 is 1.22 bits per heavy atom. The molecule has 32 heavy (non-hydrogen) atoms. The van der Waals surface area contributed by atoms with E-state index in [2.05, 4.69) is 30.9 Å². The van der Waals surface area contributed by atoms with Gasteiger partial charge < -0.3 is 14.2 Å². The first kappa shape index (κ1) is 21.3. The van der Waals surface area contributed by atoms with E-state index in [0.29, 0.717) is 28.6 Å². The second-order valence-corrected chi connectivity index (χ2v) is 7.29. The summed E-state index contributed by atoms with van der Waals surface area (Å²) in [5.74, 6) is 1.54. The fourth-order valence-electron chi connectivity index (χ4n) is 3.00. The van der Waals surface area contributed by atoms with Gasteiger partial charge in [-0.05, 0) is 31.5 Å². The van der Waals surface area contributed by atoms with Gasteiger partial charge in [0.25, 0.3) is 0 Å². The van der Waals surface area contributed by atoms with Gasteiger partial charge in [-0.25, -0.2) is 0 Å². The molecule has 0 unspecified atom stereocenters. The molecule has 0 atom stereocenters. The predicted molar refractivity (Wildman–Crippen MR) is 112 cm³/mol. The first-order chi connectivity index (χ1) is 15.5. The van der Waals surface area contributed by atoms with Crippen LogP contribution in [0.2, 0.25) is 0 Å². The van der Waals surface area contributed by atoms with Crippen molar-refractivity contribution in [2.24, 2.45) is 14.1 Å². The normalized spacial score (nSPS) is 11.0. The minimum atomic E-state index is 0.209. The largest absolute Gasteiger partial charge is 0.483 e. The van der Waals surface area contributed by atoms with Crippen molar-refractivity contribution in [3.8, 4) is 17.2 Å². The van der Waals surface area contributed by atoms with Crippen molar-refractivity contribution in [2.75, 3.05) is 0 Å². The topological polar surface area (TPSA) is 120 Å². The monoisotopic (exact) mass is 439 g/mol. The molecule has 3 heterocycles. The summed E-state index contributed by atoms with van der Waals surface area (Å²) in [6, 6.07) is 3.79. The molecule has 0 saturated carbocycles. The second-order valence-electron chi connectivity index (χ2n) is 7.29. The van der Waals surface area contributed by atoms with Crippen LogP contribution in [0, 0.1) is 6.92 Å². The fraction of sp³-hybridized carbons (Fsp3) is 0.400. The minimum absolute atomic E-state index is 0.209. The zero-order valence-electron chi connectivity index (χ0n) is 18.5. The van der Waals surface area contributed by atoms with Crippen LogP contribution in [-0.2, 0) is 40.5 Å². The highest BCUT2D eigenvalue weighted by atomic mass is 16.5. The molecule has 4 aromatic rings. The van der Waals surface area contributed by atoms with Crippen molar-refractivity contribution >= 4 is 0 Å². The number of hydrogen-bond acceptors (Lipinski definition) is 9. The Balaban J connectivity index is 1.57. The van der Waals surface area contributed by atoms with Crippen LogP contribution in [0.3, 0.4) is 0 Å². The van der Waals surface area contributed by atoms with E-state index in [1.165, 1.54) is 0 Å². The minimum Gasteiger partial charge on any atom is -0.483 e. The molecule has 12 nitrogen and oxygen atoms in total. The van der Waals surface area contributed by atoms with Crippen molar-refractivity contribution in [3.63, 3.8) is 0 Å². The maximum atomic E-state index is 6.08. The predicted octanol–water partition coefficient (Wildman–Crippen LogP) is 1.60. The lowest BCUT2D eigenvalue weighted by Crippen LogP contribution is -2.05. The summed E-state index contributed by atoms with van der Waals surface area (Å²) in [6.07, 6.45) is 5.43. The van der Waals surface area contributed by atoms with Gasteiger partial charge in [-0.2, -0.15) is 0 Å². The highest BCUT2D eigenvalue weighted by Crippen LogP contribution is 2.40. The molecule has 0 bridgehead atoms. The molecule has 0 amide bonds. The van der Waals surface area contributed by atoms with Gasteiger partial charge in [0.05, 0.1) is 18.6 Å². The Bertz CT molecular complexity index is 1180. The lowest BCUT2D eigenvalue weighted by molar-refractivity contribution is 0.226. The van der Waals surface area contributed by atoms with Gasteiger partial charge in [-0.1, -0.05) is 15.6 Å². The van der Waals surface area contributed by atoms with Crippen LogP contribution in [0.4, 0.5) is 0 Å². The molecule has 0 aliphatic rings. The zero-order valence-corrected chi connectivity index (χ0v) is 18.5. The molecule has 0 aliphatic heterocycles. The van der Waals surface area contributed by atoms with E-state index in [-0.39, 0.29) is 19.8 Å². The van der Waals surface area contributed by atoms with Gasteiger partial charge in [0.2, 0.25) is 5.75 Å². The molecule has 0 aliphatic carbocycles. The Morgan fingerprint density at radius 3 is 1.69 bits per heavy atom. The summed E-state index contributed by atoms with van der Waals surface area (Å²) in [7, 11) is 3.61. The maximum absolute atomic E-state index is 6.08. The molecule has 0 radical (unpaired) electrons. The van der Waals surface area contributed by atoms with Gasteiger partial charge in [-0.15, -0.1) is 15.3 Å². The van der Waals surface area contributed by atoms with Crippen molar-refractivity contribution < 1.29 is 14.2 Å². The summed E-state index contributed by atoms with van der Waals surface area (Å²) < 4.78 is 23.2. The summed E-state index contributed by atoms with van der Waals surface area (Å²) in [4.78, 5) is 0. The summed E-state index contributed by atoms with van der Waals surface area (Å²) >= 11 is 0. The Labute approximate surface area is 184 Å². The number of benzene rings is 1. The quantitative estimate of drug-likeness (QED) is 0.363. The van der Waals surface area contributed by atoms with Gasteiger partial charge >= 0.3 is 0 Å². The van der Waals surface area contributed by atoms with Crippen LogP contribution < -0.4 is 14.2 Å². The van der Waals surface area contributed by atoms with Crippen molar-refractivity contribution in [1.82, 2.24) is 45.0 Å². The van der Waals surface area contributed by atoms with E-state index in [4.69, 9.17) is 14.2 Å². The number of nitrogens with zero attached hydrogens (tertiary/aromatic N) is 9. The lowest BCUT2D eigenvalue weighted by atomic mass is 10.2. The molecular weight excluding hydrogens is 414 g/mol. The van der Waals surface area contributed by atoms with Gasteiger partial charge in [0.15, 0.2) is 11.5 Å². The molecule has 168 valence electrons. The van der Waals surface area contributed by atoms with Crippen LogP contribution in [0.15, 0.2) is 30.7 Å². The van der Waals surface area contributed by atoms with Crippen LogP contribution >= 0.6 is 0 Å². The average Bonchev–Trinajstić information content (AvgIpc) is 3.51. The summed E-state index contributed by atoms with van der Waals surface area (Å²) in [5, 5.41) is 24.2. The number of ether oxygens (including phenoxy) is 3. The summed E-state index contributed by atoms with van der Waals surface area (Å²) in [6.45, 7) is 5.39. The fourth-order valence-corrected chi connectivity index (χ4v) is 3.00. The van der Waals surface area contributed by atoms with E-state index in [1.807, 2.05) is 32.2 Å². The highest BCUT2D eigenvalue weighted by molar-refractivity contribution is 5.53. The first-order valence-corrected chi connectivity index (χ1v) is 10.1. The van der Waals surface area contributed by atoms with E-state index in [9.17, 15) is 0 Å². The lowest BCUT2D eigenvalue weighted by Gasteiger charge is -2.17. The molecule has 0 N–H and O–H groups in total. The third-order valence-electron chi connectivity index (χ3n) is 4.49. The molecule has 0 spiro atoms. The smallest absolute Gasteiger partial charge is 0.204 e. The van der Waals surface area contributed by atoms with Crippen molar-refractivity contribution in [1.29, 1.82) is 0 Å². The van der Waals surface area contributed by atoms with Crippen LogP contribution in [0.5, 0.6) is 17.2 Å². The van der Waals surface area contributed by atoms with Crippen molar-refractivity contribution in [3.05, 3.63) is 53.4 Å². The standard InChI is InChI=1S/C20H25N9O3/c1-5-29-10-17(23-26-29)12-31-19-7-14(2)6-18(30-11-15-8-27(3)24-21-15)20(19)32-13-16-9-28(4)25-22-16/h6-10H,5,11-13H2,1-4H3. The van der Waals surface area contributed by atoms with Gasteiger partial charge in [0.1, 0.15) is 36.9 Å². The Kier molecular flexibility index (Phi) is 6.29. The van der Waals surface area contributed by atoms with Gasteiger partial charge in [-0.3, -0.25) is 14.0 Å². The number of aryl methyl sites for hydroxylation is 4. The Morgan fingerprint density at radius 1 is 0.719 bits per heavy atom. The molecule has 12 heteroatoms.